The van der Waals surface area contributed by atoms with Crippen LogP contribution >= 0.6 is 0 Å². The first-order valence-corrected chi connectivity index (χ1v) is 5.65. The third kappa shape index (κ3) is 1.15. The van der Waals surface area contributed by atoms with E-state index in [9.17, 15) is 0 Å². The van der Waals surface area contributed by atoms with Crippen molar-refractivity contribution >= 4 is 0 Å². The van der Waals surface area contributed by atoms with Gasteiger partial charge in [-0.05, 0) is 58.0 Å². The molecule has 3 rings (SSSR count). The van der Waals surface area contributed by atoms with Gasteiger partial charge < -0.3 is 10.6 Å². The fourth-order valence-electron chi connectivity index (χ4n) is 3.22. The Morgan fingerprint density at radius 3 is 2.54 bits per heavy atom. The van der Waals surface area contributed by atoms with Crippen LogP contribution in [-0.2, 0) is 0 Å². The highest BCUT2D eigenvalue weighted by atomic mass is 15.2. The Morgan fingerprint density at radius 1 is 1.31 bits per heavy atom. The maximum absolute atomic E-state index is 6.20. The van der Waals surface area contributed by atoms with Crippen molar-refractivity contribution in [3.63, 3.8) is 0 Å². The maximum atomic E-state index is 6.20. The second-order valence-corrected chi connectivity index (χ2v) is 5.58. The van der Waals surface area contributed by atoms with E-state index in [2.05, 4.69) is 11.9 Å². The van der Waals surface area contributed by atoms with E-state index >= 15 is 0 Å². The molecule has 1 unspecified atom stereocenters. The molecule has 1 aliphatic heterocycles. The Balaban J connectivity index is 1.71. The van der Waals surface area contributed by atoms with Gasteiger partial charge in [-0.3, -0.25) is 0 Å². The predicted octanol–water partition coefficient (Wildman–Crippen LogP) is 1.35. The lowest BCUT2D eigenvalue weighted by Crippen LogP contribution is -2.35. The lowest BCUT2D eigenvalue weighted by atomic mass is 9.90. The summed E-state index contributed by atoms with van der Waals surface area (Å²) in [5.74, 6) is 0.921. The highest BCUT2D eigenvalue weighted by Gasteiger charge is 2.57. The summed E-state index contributed by atoms with van der Waals surface area (Å²) in [6.45, 7) is 1.31. The first-order chi connectivity index (χ1) is 6.15. The molecule has 0 aromatic carbocycles. The Bertz CT molecular complexity index is 228. The Hall–Kier alpha value is -0.0800. The smallest absolute Gasteiger partial charge is 0.0237 e. The summed E-state index contributed by atoms with van der Waals surface area (Å²) in [5.41, 5.74) is 7.09. The molecule has 0 radical (unpaired) electrons. The van der Waals surface area contributed by atoms with E-state index < -0.39 is 0 Å². The van der Waals surface area contributed by atoms with Gasteiger partial charge in [0.25, 0.3) is 0 Å². The van der Waals surface area contributed by atoms with E-state index in [1.54, 1.807) is 0 Å². The summed E-state index contributed by atoms with van der Waals surface area (Å²) < 4.78 is 0. The van der Waals surface area contributed by atoms with Crippen molar-refractivity contribution in [1.82, 2.24) is 4.90 Å². The van der Waals surface area contributed by atoms with Crippen LogP contribution in [0.4, 0.5) is 0 Å². The average molecular weight is 180 g/mol. The van der Waals surface area contributed by atoms with E-state index in [1.165, 1.54) is 45.1 Å². The highest BCUT2D eigenvalue weighted by Crippen LogP contribution is 2.56. The first kappa shape index (κ1) is 8.25. The second-order valence-electron chi connectivity index (χ2n) is 5.58. The molecular weight excluding hydrogens is 160 g/mol. The van der Waals surface area contributed by atoms with E-state index in [4.69, 9.17) is 5.73 Å². The van der Waals surface area contributed by atoms with Crippen LogP contribution in [0.15, 0.2) is 0 Å². The van der Waals surface area contributed by atoms with Gasteiger partial charge >= 0.3 is 0 Å². The maximum Gasteiger partial charge on any atom is 0.0237 e. The third-order valence-corrected chi connectivity index (χ3v) is 4.64. The monoisotopic (exact) mass is 180 g/mol. The van der Waals surface area contributed by atoms with Gasteiger partial charge in [-0.2, -0.15) is 0 Å². The number of nitrogens with zero attached hydrogens (tertiary/aromatic N) is 1. The van der Waals surface area contributed by atoms with Crippen molar-refractivity contribution in [1.29, 1.82) is 0 Å². The Morgan fingerprint density at radius 2 is 2.00 bits per heavy atom. The topological polar surface area (TPSA) is 29.3 Å². The van der Waals surface area contributed by atoms with Crippen LogP contribution in [-0.4, -0.2) is 29.6 Å². The minimum atomic E-state index is 0.269. The standard InChI is InChI=1S/C11H20N2/c1-13-7-2-9(11(13)5-6-11)8-10(12)3-4-10/h9H,2-8,12H2,1H3. The SMILES string of the molecule is CN1CCC(CC2(N)CC2)C12CC2. The molecular formula is C11H20N2. The molecule has 3 aliphatic rings. The number of nitrogens with two attached hydrogens (primary N) is 1. The molecule has 1 heterocycles. The van der Waals surface area contributed by atoms with Crippen LogP contribution < -0.4 is 5.73 Å². The molecule has 2 nitrogen and oxygen atoms in total. The van der Waals surface area contributed by atoms with Crippen LogP contribution in [0.25, 0.3) is 0 Å². The van der Waals surface area contributed by atoms with Crippen molar-refractivity contribution in [3.8, 4) is 0 Å². The van der Waals surface area contributed by atoms with Crippen molar-refractivity contribution in [2.75, 3.05) is 13.6 Å². The van der Waals surface area contributed by atoms with Crippen LogP contribution in [0.2, 0.25) is 0 Å². The fraction of sp³-hybridized carbons (Fsp3) is 1.00. The van der Waals surface area contributed by atoms with Crippen LogP contribution in [0.3, 0.4) is 0 Å². The van der Waals surface area contributed by atoms with E-state index in [-0.39, 0.29) is 5.54 Å². The molecule has 0 amide bonds. The van der Waals surface area contributed by atoms with Gasteiger partial charge in [-0.1, -0.05) is 0 Å². The molecule has 2 saturated carbocycles. The molecule has 2 heteroatoms. The number of rotatable bonds is 2. The summed E-state index contributed by atoms with van der Waals surface area (Å²) in [4.78, 5) is 2.59. The van der Waals surface area contributed by atoms with Gasteiger partial charge in [0.15, 0.2) is 0 Å². The predicted molar refractivity (Wildman–Crippen MR) is 53.5 cm³/mol. The Labute approximate surface area is 80.5 Å². The molecule has 0 aromatic heterocycles. The molecule has 2 N–H and O–H groups in total. The van der Waals surface area contributed by atoms with Crippen LogP contribution in [0.5, 0.6) is 0 Å². The molecule has 13 heavy (non-hydrogen) atoms. The normalized spacial score (nSPS) is 39.7. The van der Waals surface area contributed by atoms with Crippen molar-refractivity contribution in [2.24, 2.45) is 11.7 Å². The van der Waals surface area contributed by atoms with E-state index in [0.29, 0.717) is 5.54 Å². The lowest BCUT2D eigenvalue weighted by Gasteiger charge is -2.26. The molecule has 3 fully saturated rings. The van der Waals surface area contributed by atoms with Crippen molar-refractivity contribution in [2.45, 2.75) is 49.6 Å². The molecule has 2 aliphatic carbocycles. The quantitative estimate of drug-likeness (QED) is 0.695. The minimum absolute atomic E-state index is 0.269. The molecule has 1 saturated heterocycles. The summed E-state index contributed by atoms with van der Waals surface area (Å²) >= 11 is 0. The molecule has 0 bridgehead atoms. The summed E-state index contributed by atoms with van der Waals surface area (Å²) in [5, 5.41) is 0. The molecule has 1 atom stereocenters. The van der Waals surface area contributed by atoms with Gasteiger partial charge in [-0.25, -0.2) is 0 Å². The average Bonchev–Trinajstić information content (AvgIpc) is 2.93. The van der Waals surface area contributed by atoms with Crippen molar-refractivity contribution < 1.29 is 0 Å². The molecule has 1 spiro atoms. The van der Waals surface area contributed by atoms with Crippen molar-refractivity contribution in [3.05, 3.63) is 0 Å². The molecule has 0 aromatic rings. The van der Waals surface area contributed by atoms with E-state index in [0.717, 1.165) is 5.92 Å². The van der Waals surface area contributed by atoms with Gasteiger partial charge in [0.05, 0.1) is 0 Å². The summed E-state index contributed by atoms with van der Waals surface area (Å²) in [6, 6.07) is 0. The zero-order valence-corrected chi connectivity index (χ0v) is 8.55. The van der Waals surface area contributed by atoms with Gasteiger partial charge in [-0.15, -0.1) is 0 Å². The fourth-order valence-corrected chi connectivity index (χ4v) is 3.22. The second kappa shape index (κ2) is 2.29. The lowest BCUT2D eigenvalue weighted by molar-refractivity contribution is 0.231. The summed E-state index contributed by atoms with van der Waals surface area (Å²) in [7, 11) is 2.29. The van der Waals surface area contributed by atoms with Gasteiger partial charge in [0.1, 0.15) is 0 Å². The first-order valence-electron chi connectivity index (χ1n) is 5.65. The molecule has 74 valence electrons. The third-order valence-electron chi connectivity index (χ3n) is 4.64. The number of hydrogen-bond acceptors (Lipinski definition) is 2. The van der Waals surface area contributed by atoms with Gasteiger partial charge in [0, 0.05) is 11.1 Å². The zero-order chi connectivity index (χ0) is 9.10. The van der Waals surface area contributed by atoms with Crippen LogP contribution in [0, 0.1) is 5.92 Å². The van der Waals surface area contributed by atoms with E-state index in [1.807, 2.05) is 0 Å². The highest BCUT2D eigenvalue weighted by molar-refractivity contribution is 5.14. The number of hydrogen-bond donors (Lipinski definition) is 1. The van der Waals surface area contributed by atoms with Gasteiger partial charge in [0.2, 0.25) is 0 Å². The summed E-state index contributed by atoms with van der Waals surface area (Å²) in [6.07, 6.45) is 8.13. The minimum Gasteiger partial charge on any atom is -0.325 e. The zero-order valence-electron chi connectivity index (χ0n) is 8.55. The number of likely N-dealkylation sites (tertiary alicyclic amines) is 1. The Kier molecular flexibility index (Phi) is 1.45. The van der Waals surface area contributed by atoms with Crippen LogP contribution in [0.1, 0.15) is 38.5 Å². The largest absolute Gasteiger partial charge is 0.325 e.